The fourth-order valence-electron chi connectivity index (χ4n) is 3.03. The lowest BCUT2D eigenvalue weighted by molar-refractivity contribution is 0.0996. The van der Waals surface area contributed by atoms with E-state index in [1.54, 1.807) is 42.7 Å². The molecule has 0 spiro atoms. The number of anilines is 1. The summed E-state index contributed by atoms with van der Waals surface area (Å²) in [6, 6.07) is 13.3. The minimum absolute atomic E-state index is 0.0838. The highest BCUT2D eigenvalue weighted by Crippen LogP contribution is 2.27. The quantitative estimate of drug-likeness (QED) is 0.468. The normalized spacial score (nSPS) is 11.1. The average Bonchev–Trinajstić information content (AvgIpc) is 3.48. The molecule has 1 aromatic carbocycles. The third-order valence-corrected chi connectivity index (χ3v) is 5.19. The van der Waals surface area contributed by atoms with Crippen LogP contribution < -0.4 is 10.7 Å². The van der Waals surface area contributed by atoms with Gasteiger partial charge in [-0.15, -0.1) is 11.3 Å². The van der Waals surface area contributed by atoms with E-state index in [0.717, 1.165) is 0 Å². The fourth-order valence-corrected chi connectivity index (χ4v) is 3.80. The molecule has 0 aliphatic rings. The summed E-state index contributed by atoms with van der Waals surface area (Å²) < 4.78 is 12.5. The maximum Gasteiger partial charge on any atom is 0.292 e. The van der Waals surface area contributed by atoms with Gasteiger partial charge in [0.15, 0.2) is 16.9 Å². The van der Waals surface area contributed by atoms with Gasteiger partial charge in [0.2, 0.25) is 5.13 Å². The zero-order chi connectivity index (χ0) is 20.7. The number of thiazole rings is 1. The molecule has 4 aromatic heterocycles. The number of carbonyl (C=O) groups is 1. The van der Waals surface area contributed by atoms with E-state index in [0.29, 0.717) is 39.1 Å². The van der Waals surface area contributed by atoms with E-state index in [4.69, 9.17) is 8.83 Å². The van der Waals surface area contributed by atoms with Crippen LogP contribution in [0.4, 0.5) is 5.82 Å². The average molecular weight is 418 g/mol. The Labute approximate surface area is 173 Å². The summed E-state index contributed by atoms with van der Waals surface area (Å²) in [5.74, 6) is 0.417. The van der Waals surface area contributed by atoms with Gasteiger partial charge >= 0.3 is 0 Å². The minimum atomic E-state index is -0.554. The number of furan rings is 1. The van der Waals surface area contributed by atoms with E-state index >= 15 is 0 Å². The highest BCUT2D eigenvalue weighted by Gasteiger charge is 2.18. The van der Waals surface area contributed by atoms with Crippen LogP contribution >= 0.6 is 11.3 Å². The Kier molecular flexibility index (Phi) is 4.29. The molecule has 0 aliphatic heterocycles. The highest BCUT2D eigenvalue weighted by atomic mass is 32.1. The van der Waals surface area contributed by atoms with Gasteiger partial charge in [0.1, 0.15) is 17.1 Å². The first-order valence-corrected chi connectivity index (χ1v) is 9.87. The Morgan fingerprint density at radius 3 is 2.87 bits per heavy atom. The SMILES string of the molecule is Cc1cc(NC(=O)c2cc(=O)c3ccccc3o2)n(-c2nc(-c3ccco3)cs2)n1. The molecule has 8 nitrogen and oxygen atoms in total. The summed E-state index contributed by atoms with van der Waals surface area (Å²) in [4.78, 5) is 29.6. The van der Waals surface area contributed by atoms with Crippen molar-refractivity contribution < 1.29 is 13.6 Å². The molecule has 0 fully saturated rings. The van der Waals surface area contributed by atoms with E-state index in [1.165, 1.54) is 22.1 Å². The number of rotatable bonds is 4. The van der Waals surface area contributed by atoms with E-state index in [9.17, 15) is 9.59 Å². The number of nitrogens with one attached hydrogen (secondary N) is 1. The van der Waals surface area contributed by atoms with Gasteiger partial charge in [-0.05, 0) is 31.2 Å². The lowest BCUT2D eigenvalue weighted by atomic mass is 10.2. The number of amides is 1. The largest absolute Gasteiger partial charge is 0.463 e. The Bertz CT molecular complexity index is 1430. The number of fused-ring (bicyclic) bond motifs is 1. The zero-order valence-electron chi connectivity index (χ0n) is 15.7. The van der Waals surface area contributed by atoms with E-state index in [1.807, 2.05) is 18.4 Å². The summed E-state index contributed by atoms with van der Waals surface area (Å²) in [5, 5.41) is 10.00. The molecule has 4 heterocycles. The standard InChI is InChI=1S/C21H14N4O4S/c1-12-9-19(25(24-12)21-22-14(11-30-21)17-7-4-8-28-17)23-20(27)18-10-15(26)13-5-2-3-6-16(13)29-18/h2-11H,1H3,(H,23,27). The molecule has 0 saturated heterocycles. The van der Waals surface area contributed by atoms with Crippen molar-refractivity contribution >= 4 is 34.0 Å². The number of aromatic nitrogens is 3. The lowest BCUT2D eigenvalue weighted by Gasteiger charge is -2.06. The van der Waals surface area contributed by atoms with Crippen molar-refractivity contribution in [2.45, 2.75) is 6.92 Å². The maximum absolute atomic E-state index is 12.8. The summed E-state index contributed by atoms with van der Waals surface area (Å²) >= 11 is 1.36. The molecule has 9 heteroatoms. The number of nitrogens with zero attached hydrogens (tertiary/aromatic N) is 3. The van der Waals surface area contributed by atoms with Crippen molar-refractivity contribution in [3.63, 3.8) is 0 Å². The molecule has 5 aromatic rings. The van der Waals surface area contributed by atoms with Crippen molar-refractivity contribution in [1.29, 1.82) is 0 Å². The second kappa shape index (κ2) is 7.12. The monoisotopic (exact) mass is 418 g/mol. The first kappa shape index (κ1) is 18.1. The van der Waals surface area contributed by atoms with Crippen LogP contribution in [0.5, 0.6) is 0 Å². The predicted molar refractivity (Wildman–Crippen MR) is 112 cm³/mol. The molecular formula is C21H14N4O4S. The molecule has 0 atom stereocenters. The van der Waals surface area contributed by atoms with E-state index in [-0.39, 0.29) is 11.2 Å². The smallest absolute Gasteiger partial charge is 0.292 e. The number of hydrogen-bond donors (Lipinski definition) is 1. The summed E-state index contributed by atoms with van der Waals surface area (Å²) in [6.07, 6.45) is 1.58. The number of para-hydroxylation sites is 1. The van der Waals surface area contributed by atoms with Gasteiger partial charge in [-0.1, -0.05) is 12.1 Å². The molecule has 1 N–H and O–H groups in total. The van der Waals surface area contributed by atoms with Gasteiger partial charge in [-0.25, -0.2) is 4.98 Å². The van der Waals surface area contributed by atoms with Crippen molar-refractivity contribution in [1.82, 2.24) is 14.8 Å². The van der Waals surface area contributed by atoms with Crippen LogP contribution in [0, 0.1) is 6.92 Å². The van der Waals surface area contributed by atoms with Gasteiger partial charge in [0, 0.05) is 17.5 Å². The molecule has 0 bridgehead atoms. The molecule has 0 radical (unpaired) electrons. The molecule has 0 saturated carbocycles. The van der Waals surface area contributed by atoms with Crippen LogP contribution in [-0.2, 0) is 0 Å². The third-order valence-electron chi connectivity index (χ3n) is 4.38. The molecule has 0 unspecified atom stereocenters. The second-order valence-corrected chi connectivity index (χ2v) is 7.34. The molecule has 148 valence electrons. The zero-order valence-corrected chi connectivity index (χ0v) is 16.5. The Morgan fingerprint density at radius 2 is 2.03 bits per heavy atom. The second-order valence-electron chi connectivity index (χ2n) is 6.50. The molecule has 1 amide bonds. The van der Waals surface area contributed by atoms with Gasteiger partial charge in [0.05, 0.1) is 17.3 Å². The van der Waals surface area contributed by atoms with Gasteiger partial charge in [-0.2, -0.15) is 9.78 Å². The van der Waals surface area contributed by atoms with Gasteiger partial charge < -0.3 is 14.2 Å². The van der Waals surface area contributed by atoms with E-state index in [2.05, 4.69) is 15.4 Å². The molecule has 30 heavy (non-hydrogen) atoms. The number of hydrogen-bond acceptors (Lipinski definition) is 7. The van der Waals surface area contributed by atoms with Crippen LogP contribution in [0.15, 0.2) is 73.8 Å². The fraction of sp³-hybridized carbons (Fsp3) is 0.0476. The Hall–Kier alpha value is -3.98. The number of aryl methyl sites for hydroxylation is 1. The maximum atomic E-state index is 12.8. The Balaban J connectivity index is 1.48. The summed E-state index contributed by atoms with van der Waals surface area (Å²) in [7, 11) is 0. The van der Waals surface area contributed by atoms with Crippen LogP contribution in [0.1, 0.15) is 16.2 Å². The Morgan fingerprint density at radius 1 is 1.17 bits per heavy atom. The molecule has 0 aliphatic carbocycles. The van der Waals surface area contributed by atoms with Crippen LogP contribution in [-0.4, -0.2) is 20.7 Å². The third kappa shape index (κ3) is 3.20. The highest BCUT2D eigenvalue weighted by molar-refractivity contribution is 7.12. The first-order chi connectivity index (χ1) is 14.6. The van der Waals surface area contributed by atoms with Crippen LogP contribution in [0.25, 0.3) is 27.6 Å². The van der Waals surface area contributed by atoms with Crippen molar-refractivity contribution in [3.8, 4) is 16.6 Å². The van der Waals surface area contributed by atoms with Crippen molar-refractivity contribution in [3.05, 3.63) is 81.9 Å². The van der Waals surface area contributed by atoms with Crippen LogP contribution in [0.3, 0.4) is 0 Å². The van der Waals surface area contributed by atoms with Gasteiger partial charge in [0.25, 0.3) is 5.91 Å². The van der Waals surface area contributed by atoms with Crippen molar-refractivity contribution in [2.75, 3.05) is 5.32 Å². The summed E-state index contributed by atoms with van der Waals surface area (Å²) in [6.45, 7) is 1.81. The van der Waals surface area contributed by atoms with Crippen LogP contribution in [0.2, 0.25) is 0 Å². The first-order valence-electron chi connectivity index (χ1n) is 8.99. The molecular weight excluding hydrogens is 404 g/mol. The van der Waals surface area contributed by atoms with Gasteiger partial charge in [-0.3, -0.25) is 9.59 Å². The lowest BCUT2D eigenvalue weighted by Crippen LogP contribution is -2.17. The summed E-state index contributed by atoms with van der Waals surface area (Å²) in [5.41, 5.74) is 1.43. The number of carbonyl (C=O) groups excluding carboxylic acids is 1. The van der Waals surface area contributed by atoms with Crippen molar-refractivity contribution in [2.24, 2.45) is 0 Å². The molecule has 5 rings (SSSR count). The topological polar surface area (TPSA) is 103 Å². The predicted octanol–water partition coefficient (Wildman–Crippen LogP) is 4.26. The number of benzene rings is 1. The minimum Gasteiger partial charge on any atom is -0.463 e. The van der Waals surface area contributed by atoms with E-state index < -0.39 is 5.91 Å².